The first-order valence-corrected chi connectivity index (χ1v) is 7.65. The number of nitrogens with zero attached hydrogens (tertiary/aromatic N) is 3. The molecule has 20 heavy (non-hydrogen) atoms. The third kappa shape index (κ3) is 4.54. The van der Waals surface area contributed by atoms with Crippen molar-refractivity contribution in [2.75, 3.05) is 30.3 Å². The van der Waals surface area contributed by atoms with Crippen LogP contribution in [-0.2, 0) is 0 Å². The van der Waals surface area contributed by atoms with Crippen molar-refractivity contribution >= 4 is 11.5 Å². The first-order chi connectivity index (χ1) is 9.63. The van der Waals surface area contributed by atoms with Gasteiger partial charge in [0.15, 0.2) is 5.82 Å². The van der Waals surface area contributed by atoms with Crippen LogP contribution < -0.4 is 15.4 Å². The molecular formula is C15H28N4O. The molecule has 1 rings (SSSR count). The maximum absolute atomic E-state index is 6.19. The largest absolute Gasteiger partial charge is 0.476 e. The highest BCUT2D eigenvalue weighted by Gasteiger charge is 2.16. The molecule has 0 atom stereocenters. The van der Waals surface area contributed by atoms with Gasteiger partial charge in [0.05, 0.1) is 6.61 Å². The van der Waals surface area contributed by atoms with E-state index < -0.39 is 0 Å². The molecule has 5 nitrogen and oxygen atoms in total. The van der Waals surface area contributed by atoms with Crippen LogP contribution in [0.4, 0.5) is 11.5 Å². The van der Waals surface area contributed by atoms with E-state index in [1.165, 1.54) is 0 Å². The van der Waals surface area contributed by atoms with Gasteiger partial charge in [0.2, 0.25) is 5.88 Å². The fourth-order valence-electron chi connectivity index (χ4n) is 2.05. The van der Waals surface area contributed by atoms with Gasteiger partial charge in [-0.1, -0.05) is 26.7 Å². The molecule has 5 heteroatoms. The van der Waals surface area contributed by atoms with Gasteiger partial charge in [0.1, 0.15) is 11.5 Å². The molecule has 0 saturated heterocycles. The summed E-state index contributed by atoms with van der Waals surface area (Å²) in [4.78, 5) is 11.1. The van der Waals surface area contributed by atoms with Crippen molar-refractivity contribution in [3.63, 3.8) is 0 Å². The van der Waals surface area contributed by atoms with Crippen LogP contribution in [0.1, 0.15) is 52.3 Å². The summed E-state index contributed by atoms with van der Waals surface area (Å²) in [6.07, 6.45) is 4.59. The molecule has 2 N–H and O–H groups in total. The van der Waals surface area contributed by atoms with Gasteiger partial charge >= 0.3 is 0 Å². The molecule has 0 aliphatic rings. The number of hydrogen-bond acceptors (Lipinski definition) is 5. The van der Waals surface area contributed by atoms with Gasteiger partial charge in [-0.05, 0) is 26.7 Å². The van der Waals surface area contributed by atoms with Gasteiger partial charge in [0, 0.05) is 13.1 Å². The van der Waals surface area contributed by atoms with E-state index in [2.05, 4.69) is 28.7 Å². The minimum Gasteiger partial charge on any atom is -0.476 e. The second-order valence-corrected chi connectivity index (χ2v) is 4.94. The highest BCUT2D eigenvalue weighted by atomic mass is 16.5. The lowest BCUT2D eigenvalue weighted by molar-refractivity contribution is 0.327. The average molecular weight is 280 g/mol. The number of ether oxygens (including phenoxy) is 1. The topological polar surface area (TPSA) is 64.3 Å². The SMILES string of the molecule is CCCCN(CCCC)c1nc(C)nc(OCC)c1N. The van der Waals surface area contributed by atoms with E-state index in [4.69, 9.17) is 10.5 Å². The fourth-order valence-corrected chi connectivity index (χ4v) is 2.05. The fraction of sp³-hybridized carbons (Fsp3) is 0.733. The van der Waals surface area contributed by atoms with Crippen molar-refractivity contribution in [3.05, 3.63) is 5.82 Å². The molecule has 0 bridgehead atoms. The van der Waals surface area contributed by atoms with E-state index in [0.29, 0.717) is 24.0 Å². The highest BCUT2D eigenvalue weighted by Crippen LogP contribution is 2.29. The lowest BCUT2D eigenvalue weighted by Gasteiger charge is -2.25. The van der Waals surface area contributed by atoms with Crippen LogP contribution in [-0.4, -0.2) is 29.7 Å². The normalized spacial score (nSPS) is 10.6. The third-order valence-electron chi connectivity index (χ3n) is 3.15. The molecule has 1 aromatic rings. The van der Waals surface area contributed by atoms with Crippen molar-refractivity contribution < 1.29 is 4.74 Å². The monoisotopic (exact) mass is 280 g/mol. The zero-order valence-corrected chi connectivity index (χ0v) is 13.3. The van der Waals surface area contributed by atoms with Crippen LogP contribution in [0.2, 0.25) is 0 Å². The van der Waals surface area contributed by atoms with Gasteiger partial charge < -0.3 is 15.4 Å². The molecule has 0 saturated carbocycles. The summed E-state index contributed by atoms with van der Waals surface area (Å²) < 4.78 is 5.51. The second kappa shape index (κ2) is 8.61. The van der Waals surface area contributed by atoms with E-state index in [9.17, 15) is 0 Å². The van der Waals surface area contributed by atoms with E-state index in [1.54, 1.807) is 0 Å². The number of aromatic nitrogens is 2. The zero-order valence-electron chi connectivity index (χ0n) is 13.3. The van der Waals surface area contributed by atoms with Gasteiger partial charge in [-0.2, -0.15) is 4.98 Å². The van der Waals surface area contributed by atoms with Crippen molar-refractivity contribution in [1.82, 2.24) is 9.97 Å². The Morgan fingerprint density at radius 2 is 1.65 bits per heavy atom. The summed E-state index contributed by atoms with van der Waals surface area (Å²) in [6.45, 7) is 10.7. The summed E-state index contributed by atoms with van der Waals surface area (Å²) in [5, 5.41) is 0. The van der Waals surface area contributed by atoms with Crippen molar-refractivity contribution in [1.29, 1.82) is 0 Å². The Kier molecular flexibility index (Phi) is 7.12. The number of aryl methyl sites for hydroxylation is 1. The number of nitrogen functional groups attached to an aromatic ring is 1. The number of nitrogens with two attached hydrogens (primary N) is 1. The molecule has 1 heterocycles. The predicted molar refractivity (Wildman–Crippen MR) is 84.4 cm³/mol. The quantitative estimate of drug-likeness (QED) is 0.752. The van der Waals surface area contributed by atoms with Crippen molar-refractivity contribution in [3.8, 4) is 5.88 Å². The van der Waals surface area contributed by atoms with E-state index in [1.807, 2.05) is 13.8 Å². The molecule has 0 aromatic carbocycles. The number of hydrogen-bond donors (Lipinski definition) is 1. The highest BCUT2D eigenvalue weighted by molar-refractivity contribution is 5.68. The van der Waals surface area contributed by atoms with Crippen LogP contribution in [0, 0.1) is 6.92 Å². The Labute approximate surface area is 122 Å². The minimum absolute atomic E-state index is 0.507. The smallest absolute Gasteiger partial charge is 0.242 e. The van der Waals surface area contributed by atoms with E-state index in [0.717, 1.165) is 44.6 Å². The lowest BCUT2D eigenvalue weighted by Crippen LogP contribution is -2.28. The van der Waals surface area contributed by atoms with Crippen molar-refractivity contribution in [2.24, 2.45) is 0 Å². The number of rotatable bonds is 9. The maximum Gasteiger partial charge on any atom is 0.242 e. The molecule has 0 aliphatic heterocycles. The third-order valence-corrected chi connectivity index (χ3v) is 3.15. The first-order valence-electron chi connectivity index (χ1n) is 7.65. The molecule has 0 amide bonds. The van der Waals surface area contributed by atoms with Crippen LogP contribution in [0.3, 0.4) is 0 Å². The Balaban J connectivity index is 3.03. The minimum atomic E-state index is 0.507. The van der Waals surface area contributed by atoms with E-state index >= 15 is 0 Å². The lowest BCUT2D eigenvalue weighted by atomic mass is 10.2. The van der Waals surface area contributed by atoms with Gasteiger partial charge in [0.25, 0.3) is 0 Å². The Morgan fingerprint density at radius 3 is 2.15 bits per heavy atom. The molecule has 0 unspecified atom stereocenters. The maximum atomic E-state index is 6.19. The second-order valence-electron chi connectivity index (χ2n) is 4.94. The summed E-state index contributed by atoms with van der Waals surface area (Å²) in [5.74, 6) is 2.03. The summed E-state index contributed by atoms with van der Waals surface area (Å²) in [5.41, 5.74) is 6.75. The molecule has 0 spiro atoms. The van der Waals surface area contributed by atoms with Gasteiger partial charge in [-0.3, -0.25) is 0 Å². The first kappa shape index (κ1) is 16.5. The Morgan fingerprint density at radius 1 is 1.05 bits per heavy atom. The summed E-state index contributed by atoms with van der Waals surface area (Å²) in [7, 11) is 0. The Hall–Kier alpha value is -1.52. The predicted octanol–water partition coefficient (Wildman–Crippen LogP) is 3.17. The van der Waals surface area contributed by atoms with Gasteiger partial charge in [-0.15, -0.1) is 0 Å². The van der Waals surface area contributed by atoms with Crippen LogP contribution >= 0.6 is 0 Å². The summed E-state index contributed by atoms with van der Waals surface area (Å²) in [6, 6.07) is 0. The Bertz CT molecular complexity index is 401. The number of unbranched alkanes of at least 4 members (excludes halogenated alkanes) is 2. The molecule has 114 valence electrons. The molecule has 0 radical (unpaired) electrons. The molecule has 1 aromatic heterocycles. The van der Waals surface area contributed by atoms with Crippen molar-refractivity contribution in [2.45, 2.75) is 53.4 Å². The van der Waals surface area contributed by atoms with Crippen LogP contribution in [0.15, 0.2) is 0 Å². The average Bonchev–Trinajstić information content (AvgIpc) is 2.43. The molecular weight excluding hydrogens is 252 g/mol. The standard InChI is InChI=1S/C15H28N4O/c1-5-8-10-19(11-9-6-2)14-13(16)15(20-7-3)18-12(4)17-14/h5-11,16H2,1-4H3. The zero-order chi connectivity index (χ0) is 15.0. The molecule has 0 aliphatic carbocycles. The number of anilines is 2. The molecule has 0 fully saturated rings. The summed E-state index contributed by atoms with van der Waals surface area (Å²) >= 11 is 0. The van der Waals surface area contributed by atoms with Crippen LogP contribution in [0.5, 0.6) is 5.88 Å². The van der Waals surface area contributed by atoms with Crippen LogP contribution in [0.25, 0.3) is 0 Å². The van der Waals surface area contributed by atoms with E-state index in [-0.39, 0.29) is 0 Å². The van der Waals surface area contributed by atoms with Gasteiger partial charge in [-0.25, -0.2) is 4.98 Å².